The third kappa shape index (κ3) is 7.62. The van der Waals surface area contributed by atoms with Crippen LogP contribution in [0.5, 0.6) is 0 Å². The molecule has 1 unspecified atom stereocenters. The van der Waals surface area contributed by atoms with Gasteiger partial charge in [0.1, 0.15) is 0 Å². The van der Waals surface area contributed by atoms with Crippen LogP contribution in [0.4, 0.5) is 0 Å². The highest BCUT2D eigenvalue weighted by atomic mass is 35.5. The van der Waals surface area contributed by atoms with Crippen LogP contribution in [0.3, 0.4) is 0 Å². The molecule has 1 radical (unpaired) electrons. The van der Waals surface area contributed by atoms with E-state index < -0.39 is 0 Å². The summed E-state index contributed by atoms with van der Waals surface area (Å²) in [5, 5.41) is 0.808. The molecule has 1 aromatic carbocycles. The fourth-order valence-corrected chi connectivity index (χ4v) is 2.55. The third-order valence-corrected chi connectivity index (χ3v) is 4.00. The summed E-state index contributed by atoms with van der Waals surface area (Å²) >= 11 is 5.89. The first-order valence-electron chi connectivity index (χ1n) is 7.82. The first-order chi connectivity index (χ1) is 9.24. The van der Waals surface area contributed by atoms with E-state index in [1.54, 1.807) is 0 Å². The summed E-state index contributed by atoms with van der Waals surface area (Å²) in [5.41, 5.74) is 1.31. The molecule has 0 N–H and O–H groups in total. The zero-order valence-corrected chi connectivity index (χ0v) is 13.1. The van der Waals surface area contributed by atoms with Crippen LogP contribution in [-0.2, 0) is 0 Å². The van der Waals surface area contributed by atoms with Crippen molar-refractivity contribution in [3.63, 3.8) is 0 Å². The minimum atomic E-state index is 0.414. The van der Waals surface area contributed by atoms with E-state index in [-0.39, 0.29) is 0 Å². The van der Waals surface area contributed by atoms with E-state index in [2.05, 4.69) is 26.0 Å². The second-order valence-electron chi connectivity index (χ2n) is 5.51. The van der Waals surface area contributed by atoms with E-state index in [0.29, 0.717) is 5.92 Å². The van der Waals surface area contributed by atoms with Gasteiger partial charge in [-0.05, 0) is 37.0 Å². The highest BCUT2D eigenvalue weighted by Gasteiger charge is 2.04. The Morgan fingerprint density at radius 1 is 0.895 bits per heavy atom. The quantitative estimate of drug-likeness (QED) is 0.414. The first-order valence-corrected chi connectivity index (χ1v) is 8.20. The maximum absolute atomic E-state index is 5.89. The molecule has 1 rings (SSSR count). The molecule has 0 aliphatic carbocycles. The summed E-state index contributed by atoms with van der Waals surface area (Å²) in [4.78, 5) is 0. The minimum absolute atomic E-state index is 0.414. The molecule has 0 saturated carbocycles. The van der Waals surface area contributed by atoms with Crippen molar-refractivity contribution in [3.05, 3.63) is 41.8 Å². The van der Waals surface area contributed by atoms with Crippen molar-refractivity contribution < 1.29 is 0 Å². The lowest BCUT2D eigenvalue weighted by Crippen LogP contribution is -1.93. The highest BCUT2D eigenvalue weighted by molar-refractivity contribution is 6.30. The monoisotopic (exact) mass is 279 g/mol. The Kier molecular flexibility index (Phi) is 8.99. The molecule has 1 heteroatoms. The molecular weight excluding hydrogens is 252 g/mol. The Balaban J connectivity index is 2.04. The van der Waals surface area contributed by atoms with Gasteiger partial charge in [-0.2, -0.15) is 0 Å². The van der Waals surface area contributed by atoms with Crippen molar-refractivity contribution in [3.8, 4) is 0 Å². The van der Waals surface area contributed by atoms with Crippen molar-refractivity contribution in [2.75, 3.05) is 0 Å². The Bertz CT molecular complexity index is 315. The normalized spacial score (nSPS) is 12.6. The van der Waals surface area contributed by atoms with Gasteiger partial charge in [0.15, 0.2) is 0 Å². The second-order valence-corrected chi connectivity index (χ2v) is 5.95. The molecular formula is C18H28Cl. The molecule has 0 nitrogen and oxygen atoms in total. The molecule has 0 aliphatic rings. The summed E-state index contributed by atoms with van der Waals surface area (Å²) in [6.45, 7) is 6.52. The number of rotatable bonds is 10. The van der Waals surface area contributed by atoms with E-state index in [9.17, 15) is 0 Å². The summed E-state index contributed by atoms with van der Waals surface area (Å²) in [6.07, 6.45) is 12.2. The molecule has 0 aliphatic heterocycles. The standard InChI is InChI=1S/C18H28Cl/c1-3-4-5-6-7-8-9-10-11-16(2)17-12-14-18(19)15-13-17/h12-16H,2-11H2,1H3. The molecule has 0 aromatic heterocycles. The SMILES string of the molecule is [CH2]C(CCCCCCCCCC)c1ccc(Cl)cc1. The molecule has 0 spiro atoms. The van der Waals surface area contributed by atoms with E-state index >= 15 is 0 Å². The van der Waals surface area contributed by atoms with Crippen molar-refractivity contribution in [1.82, 2.24) is 0 Å². The topological polar surface area (TPSA) is 0 Å². The maximum Gasteiger partial charge on any atom is 0.0406 e. The number of hydrogen-bond acceptors (Lipinski definition) is 0. The van der Waals surface area contributed by atoms with Crippen LogP contribution < -0.4 is 0 Å². The van der Waals surface area contributed by atoms with E-state index in [4.69, 9.17) is 11.6 Å². The Labute approximate surface area is 124 Å². The zero-order chi connectivity index (χ0) is 13.9. The van der Waals surface area contributed by atoms with Gasteiger partial charge in [-0.15, -0.1) is 0 Å². The van der Waals surface area contributed by atoms with Crippen LogP contribution in [0, 0.1) is 6.92 Å². The lowest BCUT2D eigenvalue weighted by Gasteiger charge is -2.11. The Morgan fingerprint density at radius 3 is 2.00 bits per heavy atom. The second kappa shape index (κ2) is 10.3. The summed E-state index contributed by atoms with van der Waals surface area (Å²) in [6, 6.07) is 8.13. The van der Waals surface area contributed by atoms with E-state index in [0.717, 1.165) is 5.02 Å². The van der Waals surface area contributed by atoms with Gasteiger partial charge in [-0.1, -0.05) is 82.0 Å². The minimum Gasteiger partial charge on any atom is -0.0843 e. The smallest absolute Gasteiger partial charge is 0.0406 e. The molecule has 1 atom stereocenters. The van der Waals surface area contributed by atoms with Crippen molar-refractivity contribution in [2.24, 2.45) is 0 Å². The summed E-state index contributed by atoms with van der Waals surface area (Å²) in [7, 11) is 0. The summed E-state index contributed by atoms with van der Waals surface area (Å²) < 4.78 is 0. The predicted molar refractivity (Wildman–Crippen MR) is 86.8 cm³/mol. The van der Waals surface area contributed by atoms with Gasteiger partial charge >= 0.3 is 0 Å². The van der Waals surface area contributed by atoms with Gasteiger partial charge in [-0.3, -0.25) is 0 Å². The molecule has 107 valence electrons. The van der Waals surface area contributed by atoms with Crippen molar-refractivity contribution in [1.29, 1.82) is 0 Å². The number of halogens is 1. The van der Waals surface area contributed by atoms with Gasteiger partial charge in [-0.25, -0.2) is 0 Å². The molecule has 0 amide bonds. The average molecular weight is 280 g/mol. The van der Waals surface area contributed by atoms with Crippen molar-refractivity contribution >= 4 is 11.6 Å². The van der Waals surface area contributed by atoms with E-state index in [1.165, 1.54) is 63.4 Å². The highest BCUT2D eigenvalue weighted by Crippen LogP contribution is 2.23. The predicted octanol–water partition coefficient (Wildman–Crippen LogP) is 6.79. The first kappa shape index (κ1) is 16.6. The Hall–Kier alpha value is -0.490. The van der Waals surface area contributed by atoms with Crippen LogP contribution in [0.25, 0.3) is 0 Å². The van der Waals surface area contributed by atoms with Crippen LogP contribution >= 0.6 is 11.6 Å². The fraction of sp³-hybridized carbons (Fsp3) is 0.611. The average Bonchev–Trinajstić information content (AvgIpc) is 2.42. The Morgan fingerprint density at radius 2 is 1.42 bits per heavy atom. The number of unbranched alkanes of at least 4 members (excludes halogenated alkanes) is 7. The maximum atomic E-state index is 5.89. The largest absolute Gasteiger partial charge is 0.0843 e. The number of hydrogen-bond donors (Lipinski definition) is 0. The fourth-order valence-electron chi connectivity index (χ4n) is 2.43. The van der Waals surface area contributed by atoms with Gasteiger partial charge < -0.3 is 0 Å². The zero-order valence-electron chi connectivity index (χ0n) is 12.3. The molecule has 0 saturated heterocycles. The van der Waals surface area contributed by atoms with Gasteiger partial charge in [0.25, 0.3) is 0 Å². The van der Waals surface area contributed by atoms with Crippen LogP contribution in [0.15, 0.2) is 24.3 Å². The van der Waals surface area contributed by atoms with Crippen molar-refractivity contribution in [2.45, 2.75) is 70.6 Å². The lowest BCUT2D eigenvalue weighted by atomic mass is 9.95. The van der Waals surface area contributed by atoms with Gasteiger partial charge in [0.2, 0.25) is 0 Å². The lowest BCUT2D eigenvalue weighted by molar-refractivity contribution is 0.554. The molecule has 0 heterocycles. The molecule has 0 fully saturated rings. The molecule has 0 bridgehead atoms. The summed E-state index contributed by atoms with van der Waals surface area (Å²) in [5.74, 6) is 0.414. The van der Waals surface area contributed by atoms with Crippen LogP contribution in [0.1, 0.15) is 76.2 Å². The third-order valence-electron chi connectivity index (χ3n) is 3.75. The van der Waals surface area contributed by atoms with E-state index in [1.807, 2.05) is 12.1 Å². The van der Waals surface area contributed by atoms with Gasteiger partial charge in [0, 0.05) is 5.02 Å². The van der Waals surface area contributed by atoms with Crippen LogP contribution in [-0.4, -0.2) is 0 Å². The molecule has 1 aromatic rings. The molecule has 19 heavy (non-hydrogen) atoms. The van der Waals surface area contributed by atoms with Gasteiger partial charge in [0.05, 0.1) is 0 Å². The number of benzene rings is 1. The van der Waals surface area contributed by atoms with Crippen LogP contribution in [0.2, 0.25) is 5.02 Å².